The summed E-state index contributed by atoms with van der Waals surface area (Å²) in [7, 11) is -3.22. The van der Waals surface area contributed by atoms with E-state index in [0.717, 1.165) is 0 Å². The lowest BCUT2D eigenvalue weighted by atomic mass is 10.2. The van der Waals surface area contributed by atoms with E-state index in [1.165, 1.54) is 19.1 Å². The standard InChI is InChI=1S/C13H19F2NO3S/c1-3-16-9-10-7-11(14)13(12(15)8-10)19-5-6-20(17,18)4-2/h7-8,16H,3-6,9H2,1-2H3. The number of sulfone groups is 1. The van der Waals surface area contributed by atoms with Crippen LogP contribution in [0.4, 0.5) is 8.78 Å². The van der Waals surface area contributed by atoms with Crippen LogP contribution in [0.25, 0.3) is 0 Å². The number of ether oxygens (including phenoxy) is 1. The second kappa shape index (κ2) is 7.54. The zero-order valence-corrected chi connectivity index (χ0v) is 12.4. The SMILES string of the molecule is CCNCc1cc(F)c(OCCS(=O)(=O)CC)c(F)c1. The van der Waals surface area contributed by atoms with Crippen molar-refractivity contribution in [2.24, 2.45) is 0 Å². The van der Waals surface area contributed by atoms with Gasteiger partial charge in [-0.25, -0.2) is 17.2 Å². The molecule has 1 aromatic rings. The lowest BCUT2D eigenvalue weighted by Crippen LogP contribution is -2.17. The fourth-order valence-electron chi connectivity index (χ4n) is 1.54. The lowest BCUT2D eigenvalue weighted by Gasteiger charge is -2.10. The third-order valence-electron chi connectivity index (χ3n) is 2.72. The summed E-state index contributed by atoms with van der Waals surface area (Å²) in [5, 5.41) is 2.96. The first-order valence-corrected chi connectivity index (χ1v) is 8.23. The van der Waals surface area contributed by atoms with Gasteiger partial charge in [0.2, 0.25) is 0 Å². The Morgan fingerprint density at radius 1 is 1.20 bits per heavy atom. The van der Waals surface area contributed by atoms with E-state index in [0.29, 0.717) is 18.7 Å². The topological polar surface area (TPSA) is 55.4 Å². The molecule has 1 aromatic carbocycles. The Labute approximate surface area is 118 Å². The van der Waals surface area contributed by atoms with Crippen molar-refractivity contribution in [2.45, 2.75) is 20.4 Å². The zero-order valence-electron chi connectivity index (χ0n) is 11.6. The molecule has 0 atom stereocenters. The highest BCUT2D eigenvalue weighted by molar-refractivity contribution is 7.91. The van der Waals surface area contributed by atoms with Gasteiger partial charge in [0.15, 0.2) is 27.2 Å². The van der Waals surface area contributed by atoms with Gasteiger partial charge in [0.1, 0.15) is 6.61 Å². The summed E-state index contributed by atoms with van der Waals surface area (Å²) >= 11 is 0. The van der Waals surface area contributed by atoms with E-state index >= 15 is 0 Å². The fourth-order valence-corrected chi connectivity index (χ4v) is 2.16. The molecule has 0 saturated heterocycles. The normalized spacial score (nSPS) is 11.6. The molecule has 0 aliphatic rings. The van der Waals surface area contributed by atoms with Crippen molar-refractivity contribution in [1.29, 1.82) is 0 Å². The monoisotopic (exact) mass is 307 g/mol. The highest BCUT2D eigenvalue weighted by Crippen LogP contribution is 2.23. The third-order valence-corrected chi connectivity index (χ3v) is 4.39. The molecule has 0 aromatic heterocycles. The molecular formula is C13H19F2NO3S. The Kier molecular flexibility index (Phi) is 6.35. The summed E-state index contributed by atoms with van der Waals surface area (Å²) in [5.41, 5.74) is 0.468. The molecule has 7 heteroatoms. The zero-order chi connectivity index (χ0) is 15.2. The molecule has 20 heavy (non-hydrogen) atoms. The number of hydrogen-bond acceptors (Lipinski definition) is 4. The molecule has 0 amide bonds. The summed E-state index contributed by atoms with van der Waals surface area (Å²) in [6.45, 7) is 4.17. The minimum Gasteiger partial charge on any atom is -0.487 e. The average Bonchev–Trinajstić information content (AvgIpc) is 2.39. The van der Waals surface area contributed by atoms with Crippen molar-refractivity contribution in [3.8, 4) is 5.75 Å². The Bertz CT molecular complexity index is 524. The maximum atomic E-state index is 13.7. The van der Waals surface area contributed by atoms with Crippen molar-refractivity contribution in [3.05, 3.63) is 29.3 Å². The molecule has 0 unspecified atom stereocenters. The Morgan fingerprint density at radius 3 is 2.30 bits per heavy atom. The highest BCUT2D eigenvalue weighted by Gasteiger charge is 2.14. The minimum atomic E-state index is -3.22. The quantitative estimate of drug-likeness (QED) is 0.797. The van der Waals surface area contributed by atoms with Crippen molar-refractivity contribution in [3.63, 3.8) is 0 Å². The van der Waals surface area contributed by atoms with Gasteiger partial charge in [-0.1, -0.05) is 13.8 Å². The molecule has 0 aliphatic carbocycles. The predicted octanol–water partition coefficient (Wildman–Crippen LogP) is 1.89. The molecule has 1 N–H and O–H groups in total. The van der Waals surface area contributed by atoms with Gasteiger partial charge in [-0.15, -0.1) is 0 Å². The third kappa shape index (κ3) is 5.05. The van der Waals surface area contributed by atoms with Gasteiger partial charge in [-0.05, 0) is 24.2 Å². The minimum absolute atomic E-state index is 0.0249. The predicted molar refractivity (Wildman–Crippen MR) is 73.6 cm³/mol. The van der Waals surface area contributed by atoms with Crippen LogP contribution in [0, 0.1) is 11.6 Å². The van der Waals surface area contributed by atoms with Crippen LogP contribution in [0.1, 0.15) is 19.4 Å². The van der Waals surface area contributed by atoms with Crippen LogP contribution in [0.3, 0.4) is 0 Å². The molecule has 0 fully saturated rings. The van der Waals surface area contributed by atoms with Gasteiger partial charge in [0.25, 0.3) is 0 Å². The van der Waals surface area contributed by atoms with Crippen molar-refractivity contribution < 1.29 is 21.9 Å². The number of rotatable bonds is 8. The summed E-state index contributed by atoms with van der Waals surface area (Å²) in [6, 6.07) is 2.35. The van der Waals surface area contributed by atoms with E-state index in [4.69, 9.17) is 4.74 Å². The molecule has 4 nitrogen and oxygen atoms in total. The van der Waals surface area contributed by atoms with Crippen molar-refractivity contribution >= 4 is 9.84 Å². The van der Waals surface area contributed by atoms with Crippen molar-refractivity contribution in [2.75, 3.05) is 24.7 Å². The summed E-state index contributed by atoms with van der Waals surface area (Å²) in [4.78, 5) is 0. The smallest absolute Gasteiger partial charge is 0.190 e. The second-order valence-corrected chi connectivity index (χ2v) is 6.73. The number of halogens is 2. The maximum Gasteiger partial charge on any atom is 0.190 e. The first kappa shape index (κ1) is 16.8. The van der Waals surface area contributed by atoms with Gasteiger partial charge in [0.05, 0.1) is 5.75 Å². The Balaban J connectivity index is 2.71. The van der Waals surface area contributed by atoms with Crippen LogP contribution in [0.5, 0.6) is 5.75 Å². The molecule has 0 spiro atoms. The second-order valence-electron chi connectivity index (χ2n) is 4.25. The maximum absolute atomic E-state index is 13.7. The van der Waals surface area contributed by atoms with Gasteiger partial charge < -0.3 is 10.1 Å². The van der Waals surface area contributed by atoms with Gasteiger partial charge >= 0.3 is 0 Å². The van der Waals surface area contributed by atoms with Crippen LogP contribution in [0.2, 0.25) is 0 Å². The van der Waals surface area contributed by atoms with E-state index in [-0.39, 0.29) is 18.1 Å². The first-order valence-electron chi connectivity index (χ1n) is 6.41. The van der Waals surface area contributed by atoms with E-state index < -0.39 is 27.2 Å². The number of hydrogen-bond donors (Lipinski definition) is 1. The summed E-state index contributed by atoms with van der Waals surface area (Å²) in [5.74, 6) is -2.47. The lowest BCUT2D eigenvalue weighted by molar-refractivity contribution is 0.303. The molecule has 114 valence electrons. The number of benzene rings is 1. The van der Waals surface area contributed by atoms with Gasteiger partial charge in [0, 0.05) is 12.3 Å². The van der Waals surface area contributed by atoms with Gasteiger partial charge in [-0.3, -0.25) is 0 Å². The van der Waals surface area contributed by atoms with Crippen LogP contribution in [0.15, 0.2) is 12.1 Å². The van der Waals surface area contributed by atoms with E-state index in [1.807, 2.05) is 6.92 Å². The van der Waals surface area contributed by atoms with E-state index in [2.05, 4.69) is 5.32 Å². The summed E-state index contributed by atoms with van der Waals surface area (Å²) in [6.07, 6.45) is 0. The molecule has 1 rings (SSSR count). The Hall–Kier alpha value is -1.21. The average molecular weight is 307 g/mol. The molecule has 0 saturated carbocycles. The molecule has 0 aliphatic heterocycles. The Morgan fingerprint density at radius 2 is 1.80 bits per heavy atom. The van der Waals surface area contributed by atoms with Crippen LogP contribution < -0.4 is 10.1 Å². The summed E-state index contributed by atoms with van der Waals surface area (Å²) < 4.78 is 54.8. The largest absolute Gasteiger partial charge is 0.487 e. The van der Waals surface area contributed by atoms with E-state index in [9.17, 15) is 17.2 Å². The number of nitrogens with one attached hydrogen (secondary N) is 1. The molecule has 0 radical (unpaired) electrons. The fraction of sp³-hybridized carbons (Fsp3) is 0.538. The molecule has 0 bridgehead atoms. The van der Waals surface area contributed by atoms with Crippen LogP contribution >= 0.6 is 0 Å². The van der Waals surface area contributed by atoms with E-state index in [1.54, 1.807) is 0 Å². The van der Waals surface area contributed by atoms with Crippen molar-refractivity contribution in [1.82, 2.24) is 5.32 Å². The molecular weight excluding hydrogens is 288 g/mol. The first-order chi connectivity index (χ1) is 9.39. The molecule has 0 heterocycles. The van der Waals surface area contributed by atoms with Gasteiger partial charge in [-0.2, -0.15) is 0 Å². The van der Waals surface area contributed by atoms with Crippen LogP contribution in [-0.4, -0.2) is 33.1 Å². The highest BCUT2D eigenvalue weighted by atomic mass is 32.2. The van der Waals surface area contributed by atoms with Crippen LogP contribution in [-0.2, 0) is 16.4 Å².